The molecule has 2 aromatic rings. The monoisotopic (exact) mass is 236 g/mol. The standard InChI is InChI=1S/C8H12N8O/c1-15(2-6-10-4-12-13-6)7(17)3-16-5-11-8(9)14-16/h4-5H,2-3H2,1H3,(H2,9,14)(H,10,12,13). The topological polar surface area (TPSA) is 119 Å². The van der Waals surface area contributed by atoms with Gasteiger partial charge in [0.2, 0.25) is 11.9 Å². The van der Waals surface area contributed by atoms with Gasteiger partial charge in [0.1, 0.15) is 25.0 Å². The number of amides is 1. The Morgan fingerprint density at radius 2 is 2.41 bits per heavy atom. The molecule has 90 valence electrons. The van der Waals surface area contributed by atoms with E-state index in [1.807, 2.05) is 0 Å². The molecular formula is C8H12N8O. The maximum absolute atomic E-state index is 11.8. The largest absolute Gasteiger partial charge is 0.367 e. The number of nitrogens with one attached hydrogen (secondary N) is 1. The number of anilines is 1. The lowest BCUT2D eigenvalue weighted by molar-refractivity contribution is -0.131. The number of aromatic amines is 1. The van der Waals surface area contributed by atoms with Crippen LogP contribution in [0.2, 0.25) is 0 Å². The van der Waals surface area contributed by atoms with E-state index in [0.29, 0.717) is 12.4 Å². The summed E-state index contributed by atoms with van der Waals surface area (Å²) in [6, 6.07) is 0. The summed E-state index contributed by atoms with van der Waals surface area (Å²) < 4.78 is 1.38. The lowest BCUT2D eigenvalue weighted by atomic mass is 10.4. The SMILES string of the molecule is CN(Cc1ncn[nH]1)C(=O)Cn1cnc(N)n1. The summed E-state index contributed by atoms with van der Waals surface area (Å²) in [5, 5.41) is 10.2. The molecule has 2 aromatic heterocycles. The minimum atomic E-state index is -0.119. The van der Waals surface area contributed by atoms with Gasteiger partial charge in [-0.25, -0.2) is 14.6 Å². The molecule has 0 fully saturated rings. The van der Waals surface area contributed by atoms with Gasteiger partial charge in [0.15, 0.2) is 0 Å². The second kappa shape index (κ2) is 4.60. The predicted octanol–water partition coefficient (Wildman–Crippen LogP) is -1.36. The van der Waals surface area contributed by atoms with Gasteiger partial charge in [0.25, 0.3) is 0 Å². The van der Waals surface area contributed by atoms with Crippen LogP contribution in [-0.2, 0) is 17.9 Å². The maximum Gasteiger partial charge on any atom is 0.244 e. The fourth-order valence-corrected chi connectivity index (χ4v) is 1.26. The van der Waals surface area contributed by atoms with E-state index in [1.165, 1.54) is 22.2 Å². The summed E-state index contributed by atoms with van der Waals surface area (Å²) in [5.41, 5.74) is 5.35. The smallest absolute Gasteiger partial charge is 0.244 e. The Hall–Kier alpha value is -2.45. The van der Waals surface area contributed by atoms with Gasteiger partial charge in [-0.15, -0.1) is 5.10 Å². The molecule has 0 bridgehead atoms. The van der Waals surface area contributed by atoms with E-state index in [9.17, 15) is 4.79 Å². The zero-order valence-corrected chi connectivity index (χ0v) is 9.24. The van der Waals surface area contributed by atoms with Gasteiger partial charge in [0.05, 0.1) is 6.54 Å². The average molecular weight is 236 g/mol. The van der Waals surface area contributed by atoms with E-state index in [4.69, 9.17) is 5.73 Å². The lowest BCUT2D eigenvalue weighted by Gasteiger charge is -2.14. The van der Waals surface area contributed by atoms with E-state index < -0.39 is 0 Å². The Morgan fingerprint density at radius 3 is 3.00 bits per heavy atom. The molecule has 0 aliphatic rings. The molecule has 0 saturated heterocycles. The first kappa shape index (κ1) is 11.0. The van der Waals surface area contributed by atoms with E-state index in [2.05, 4.69) is 25.3 Å². The highest BCUT2D eigenvalue weighted by Gasteiger charge is 2.12. The van der Waals surface area contributed by atoms with Crippen molar-refractivity contribution in [3.05, 3.63) is 18.5 Å². The van der Waals surface area contributed by atoms with Gasteiger partial charge in [-0.2, -0.15) is 5.10 Å². The van der Waals surface area contributed by atoms with Crippen LogP contribution in [0.1, 0.15) is 5.82 Å². The Kier molecular flexibility index (Phi) is 2.99. The normalized spacial score (nSPS) is 10.4. The van der Waals surface area contributed by atoms with Crippen molar-refractivity contribution in [2.45, 2.75) is 13.1 Å². The predicted molar refractivity (Wildman–Crippen MR) is 57.3 cm³/mol. The van der Waals surface area contributed by atoms with Crippen molar-refractivity contribution in [1.82, 2.24) is 34.8 Å². The van der Waals surface area contributed by atoms with Crippen LogP contribution in [0.5, 0.6) is 0 Å². The van der Waals surface area contributed by atoms with E-state index in [-0.39, 0.29) is 18.4 Å². The molecule has 0 aliphatic heterocycles. The maximum atomic E-state index is 11.8. The third-order valence-electron chi connectivity index (χ3n) is 2.13. The summed E-state index contributed by atoms with van der Waals surface area (Å²) >= 11 is 0. The second-order valence-electron chi connectivity index (χ2n) is 3.48. The summed E-state index contributed by atoms with van der Waals surface area (Å²) in [7, 11) is 1.67. The van der Waals surface area contributed by atoms with Crippen LogP contribution in [0.3, 0.4) is 0 Å². The highest BCUT2D eigenvalue weighted by Crippen LogP contribution is 1.97. The summed E-state index contributed by atoms with van der Waals surface area (Å²) in [5.74, 6) is 0.654. The Morgan fingerprint density at radius 1 is 1.59 bits per heavy atom. The minimum absolute atomic E-state index is 0.0921. The molecule has 0 spiro atoms. The molecular weight excluding hydrogens is 224 g/mol. The Bertz CT molecular complexity index is 489. The van der Waals surface area contributed by atoms with Crippen LogP contribution in [0.15, 0.2) is 12.7 Å². The lowest BCUT2D eigenvalue weighted by Crippen LogP contribution is -2.30. The molecule has 0 radical (unpaired) electrons. The molecule has 17 heavy (non-hydrogen) atoms. The van der Waals surface area contributed by atoms with Crippen LogP contribution in [0, 0.1) is 0 Å². The fourth-order valence-electron chi connectivity index (χ4n) is 1.26. The summed E-state index contributed by atoms with van der Waals surface area (Å²) in [6.07, 6.45) is 2.81. The van der Waals surface area contributed by atoms with Crippen molar-refractivity contribution < 1.29 is 4.79 Å². The fraction of sp³-hybridized carbons (Fsp3) is 0.375. The zero-order chi connectivity index (χ0) is 12.3. The first-order chi connectivity index (χ1) is 8.15. The van der Waals surface area contributed by atoms with E-state index in [0.717, 1.165) is 0 Å². The third kappa shape index (κ3) is 2.77. The van der Waals surface area contributed by atoms with Crippen LogP contribution in [0.25, 0.3) is 0 Å². The van der Waals surface area contributed by atoms with Crippen LogP contribution in [-0.4, -0.2) is 47.8 Å². The number of aromatic nitrogens is 6. The molecule has 9 nitrogen and oxygen atoms in total. The highest BCUT2D eigenvalue weighted by molar-refractivity contribution is 5.75. The van der Waals surface area contributed by atoms with Gasteiger partial charge in [-0.1, -0.05) is 0 Å². The molecule has 2 rings (SSSR count). The number of carbonyl (C=O) groups is 1. The molecule has 0 saturated carbocycles. The number of likely N-dealkylation sites (N-methyl/N-ethyl adjacent to an activating group) is 1. The average Bonchev–Trinajstić information content (AvgIpc) is 2.90. The van der Waals surface area contributed by atoms with Crippen molar-refractivity contribution in [2.24, 2.45) is 0 Å². The van der Waals surface area contributed by atoms with Gasteiger partial charge in [0, 0.05) is 7.05 Å². The number of hydrogen-bond acceptors (Lipinski definition) is 6. The molecule has 3 N–H and O–H groups in total. The Labute approximate surface area is 96.7 Å². The van der Waals surface area contributed by atoms with Crippen molar-refractivity contribution in [2.75, 3.05) is 12.8 Å². The van der Waals surface area contributed by atoms with Crippen molar-refractivity contribution >= 4 is 11.9 Å². The molecule has 2 heterocycles. The van der Waals surface area contributed by atoms with Crippen LogP contribution in [0.4, 0.5) is 5.95 Å². The molecule has 0 unspecified atom stereocenters. The third-order valence-corrected chi connectivity index (χ3v) is 2.13. The van der Waals surface area contributed by atoms with Crippen molar-refractivity contribution in [3.63, 3.8) is 0 Å². The molecule has 0 aromatic carbocycles. The summed E-state index contributed by atoms with van der Waals surface area (Å²) in [4.78, 5) is 21.0. The van der Waals surface area contributed by atoms with E-state index in [1.54, 1.807) is 7.05 Å². The number of rotatable bonds is 4. The Balaban J connectivity index is 1.91. The zero-order valence-electron chi connectivity index (χ0n) is 9.24. The van der Waals surface area contributed by atoms with Gasteiger partial charge < -0.3 is 10.6 Å². The number of nitrogen functional groups attached to an aromatic ring is 1. The highest BCUT2D eigenvalue weighted by atomic mass is 16.2. The van der Waals surface area contributed by atoms with Gasteiger partial charge in [-0.3, -0.25) is 9.89 Å². The minimum Gasteiger partial charge on any atom is -0.367 e. The molecule has 1 amide bonds. The first-order valence-electron chi connectivity index (χ1n) is 4.88. The number of nitrogens with two attached hydrogens (primary N) is 1. The quantitative estimate of drug-likeness (QED) is 0.676. The number of carbonyl (C=O) groups excluding carboxylic acids is 1. The van der Waals surface area contributed by atoms with Crippen molar-refractivity contribution in [1.29, 1.82) is 0 Å². The first-order valence-corrected chi connectivity index (χ1v) is 4.88. The molecule has 0 aliphatic carbocycles. The molecule has 0 atom stereocenters. The summed E-state index contributed by atoms with van der Waals surface area (Å²) in [6.45, 7) is 0.456. The number of H-pyrrole nitrogens is 1. The van der Waals surface area contributed by atoms with E-state index >= 15 is 0 Å². The van der Waals surface area contributed by atoms with Crippen LogP contribution < -0.4 is 5.73 Å². The van der Waals surface area contributed by atoms with Crippen LogP contribution >= 0.6 is 0 Å². The number of nitrogens with zero attached hydrogens (tertiary/aromatic N) is 6. The number of hydrogen-bond donors (Lipinski definition) is 2. The van der Waals surface area contributed by atoms with Gasteiger partial charge >= 0.3 is 0 Å². The van der Waals surface area contributed by atoms with Crippen molar-refractivity contribution in [3.8, 4) is 0 Å². The van der Waals surface area contributed by atoms with Gasteiger partial charge in [-0.05, 0) is 0 Å². The second-order valence-corrected chi connectivity index (χ2v) is 3.48. The molecule has 9 heteroatoms.